The molecule has 2 aromatic carbocycles. The number of hydrogen-bond donors (Lipinski definition) is 1. The molecule has 4 heteroatoms. The van der Waals surface area contributed by atoms with Gasteiger partial charge in [0.15, 0.2) is 0 Å². The lowest BCUT2D eigenvalue weighted by atomic mass is 9.82. The summed E-state index contributed by atoms with van der Waals surface area (Å²) < 4.78 is 1.00. The third kappa shape index (κ3) is 2.36. The average molecular weight is 344 g/mol. The van der Waals surface area contributed by atoms with Crippen LogP contribution < -0.4 is 4.90 Å². The van der Waals surface area contributed by atoms with Gasteiger partial charge in [-0.1, -0.05) is 34.1 Å². The van der Waals surface area contributed by atoms with Gasteiger partial charge in [-0.25, -0.2) is 0 Å². The van der Waals surface area contributed by atoms with Crippen molar-refractivity contribution in [1.29, 1.82) is 0 Å². The largest absolute Gasteiger partial charge is 0.508 e. The predicted molar refractivity (Wildman–Crippen MR) is 86.2 cm³/mol. The van der Waals surface area contributed by atoms with Gasteiger partial charge in [0.2, 0.25) is 5.91 Å². The monoisotopic (exact) mass is 343 g/mol. The summed E-state index contributed by atoms with van der Waals surface area (Å²) in [6.45, 7) is 3.77. The summed E-state index contributed by atoms with van der Waals surface area (Å²) in [7, 11) is 0. The number of rotatable bonds is 3. The fourth-order valence-corrected chi connectivity index (χ4v) is 2.92. The second kappa shape index (κ2) is 5.37. The van der Waals surface area contributed by atoms with E-state index < -0.39 is 0 Å². The quantitative estimate of drug-likeness (QED) is 0.674. The molecule has 0 radical (unpaired) electrons. The fourth-order valence-electron chi connectivity index (χ4n) is 2.66. The second-order valence-corrected chi connectivity index (χ2v) is 5.90. The number of amides is 1. The maximum absolute atomic E-state index is 12.3. The molecule has 1 saturated heterocycles. The number of nitrogens with zero attached hydrogens (tertiary/aromatic N) is 1. The Bertz CT molecular complexity index is 679. The number of anilines is 1. The average Bonchev–Trinajstić information content (AvgIpc) is 2.48. The Labute approximate surface area is 131 Å². The smallest absolute Gasteiger partial charge is 0.236 e. The molecule has 2 atom stereocenters. The summed E-state index contributed by atoms with van der Waals surface area (Å²) in [6.07, 6.45) is 1.70. The molecule has 2 aromatic rings. The van der Waals surface area contributed by atoms with Crippen molar-refractivity contribution in [2.24, 2.45) is 5.92 Å². The molecule has 3 rings (SSSR count). The van der Waals surface area contributed by atoms with Crippen LogP contribution in [0.15, 0.2) is 65.7 Å². The highest BCUT2D eigenvalue weighted by Gasteiger charge is 2.46. The number of β-lactam (4-membered cyclic amide) rings is 1. The Kier molecular flexibility index (Phi) is 3.55. The highest BCUT2D eigenvalue weighted by molar-refractivity contribution is 9.10. The van der Waals surface area contributed by atoms with E-state index in [0.29, 0.717) is 0 Å². The fraction of sp³-hybridized carbons (Fsp3) is 0.118. The lowest BCUT2D eigenvalue weighted by Gasteiger charge is -2.46. The first-order chi connectivity index (χ1) is 10.1. The van der Waals surface area contributed by atoms with Gasteiger partial charge >= 0.3 is 0 Å². The van der Waals surface area contributed by atoms with Crippen LogP contribution in [0.3, 0.4) is 0 Å². The molecule has 106 valence electrons. The van der Waals surface area contributed by atoms with E-state index in [1.807, 2.05) is 24.3 Å². The van der Waals surface area contributed by atoms with E-state index in [4.69, 9.17) is 0 Å². The zero-order valence-electron chi connectivity index (χ0n) is 11.2. The molecule has 0 aliphatic carbocycles. The van der Waals surface area contributed by atoms with Gasteiger partial charge in [-0.3, -0.25) is 4.79 Å². The van der Waals surface area contributed by atoms with Crippen LogP contribution in [0.5, 0.6) is 5.75 Å². The first-order valence-electron chi connectivity index (χ1n) is 6.62. The van der Waals surface area contributed by atoms with Crippen molar-refractivity contribution in [2.75, 3.05) is 4.90 Å². The molecule has 1 aliphatic heterocycles. The minimum absolute atomic E-state index is 0.0311. The van der Waals surface area contributed by atoms with Crippen molar-refractivity contribution in [2.45, 2.75) is 6.04 Å². The molecule has 0 saturated carbocycles. The van der Waals surface area contributed by atoms with Gasteiger partial charge in [-0.15, -0.1) is 6.58 Å². The van der Waals surface area contributed by atoms with Gasteiger partial charge in [0.1, 0.15) is 5.75 Å². The van der Waals surface area contributed by atoms with Crippen molar-refractivity contribution in [1.82, 2.24) is 0 Å². The van der Waals surface area contributed by atoms with E-state index in [0.717, 1.165) is 15.7 Å². The first-order valence-corrected chi connectivity index (χ1v) is 7.41. The second-order valence-electron chi connectivity index (χ2n) is 4.98. The van der Waals surface area contributed by atoms with Crippen molar-refractivity contribution in [3.05, 3.63) is 71.2 Å². The third-order valence-electron chi connectivity index (χ3n) is 3.73. The lowest BCUT2D eigenvalue weighted by Crippen LogP contribution is -2.54. The zero-order valence-corrected chi connectivity index (χ0v) is 12.8. The molecule has 1 amide bonds. The molecule has 0 unspecified atom stereocenters. The standard InChI is InChI=1S/C17H14BrNO2/c1-2-15-16(11-3-5-12(18)6-4-11)19(17(15)21)13-7-9-14(20)10-8-13/h2-10,15-16,20H,1H2/t15-,16-/m1/s1. The van der Waals surface area contributed by atoms with Crippen LogP contribution >= 0.6 is 15.9 Å². The SMILES string of the molecule is C=C[C@H]1C(=O)N(c2ccc(O)cc2)[C@@H]1c1ccc(Br)cc1. The van der Waals surface area contributed by atoms with E-state index in [1.54, 1.807) is 35.2 Å². The molecule has 0 spiro atoms. The number of carbonyl (C=O) groups is 1. The maximum Gasteiger partial charge on any atom is 0.236 e. The highest BCUT2D eigenvalue weighted by Crippen LogP contribution is 2.44. The van der Waals surface area contributed by atoms with Crippen molar-refractivity contribution in [3.8, 4) is 5.75 Å². The van der Waals surface area contributed by atoms with Crippen LogP contribution in [-0.4, -0.2) is 11.0 Å². The van der Waals surface area contributed by atoms with Gasteiger partial charge in [0.25, 0.3) is 0 Å². The zero-order chi connectivity index (χ0) is 15.0. The van der Waals surface area contributed by atoms with E-state index in [2.05, 4.69) is 22.5 Å². The van der Waals surface area contributed by atoms with Crippen molar-refractivity contribution in [3.63, 3.8) is 0 Å². The molecule has 0 aromatic heterocycles. The van der Waals surface area contributed by atoms with Gasteiger partial charge in [0.05, 0.1) is 12.0 Å². The predicted octanol–water partition coefficient (Wildman–Crippen LogP) is 4.04. The molecular formula is C17H14BrNO2. The minimum Gasteiger partial charge on any atom is -0.508 e. The summed E-state index contributed by atoms with van der Waals surface area (Å²) in [5.74, 6) is 0.00997. The van der Waals surface area contributed by atoms with E-state index in [9.17, 15) is 9.90 Å². The molecule has 0 bridgehead atoms. The van der Waals surface area contributed by atoms with Crippen LogP contribution in [0.1, 0.15) is 11.6 Å². The van der Waals surface area contributed by atoms with Crippen LogP contribution in [0.2, 0.25) is 0 Å². The summed E-state index contributed by atoms with van der Waals surface area (Å²) in [5, 5.41) is 9.38. The Morgan fingerprint density at radius 2 is 1.71 bits per heavy atom. The minimum atomic E-state index is -0.208. The third-order valence-corrected chi connectivity index (χ3v) is 4.26. The number of halogens is 1. The van der Waals surface area contributed by atoms with E-state index >= 15 is 0 Å². The van der Waals surface area contributed by atoms with Gasteiger partial charge < -0.3 is 10.0 Å². The Morgan fingerprint density at radius 3 is 2.29 bits per heavy atom. The Hall–Kier alpha value is -2.07. The maximum atomic E-state index is 12.3. The van der Waals surface area contributed by atoms with E-state index in [1.165, 1.54) is 0 Å². The summed E-state index contributed by atoms with van der Waals surface area (Å²) in [6, 6.07) is 14.6. The molecular weight excluding hydrogens is 330 g/mol. The molecule has 1 aliphatic rings. The normalized spacial score (nSPS) is 21.0. The summed E-state index contributed by atoms with van der Waals surface area (Å²) in [5.41, 5.74) is 1.85. The van der Waals surface area contributed by atoms with Crippen LogP contribution in [0, 0.1) is 5.92 Å². The molecule has 1 heterocycles. The molecule has 1 N–H and O–H groups in total. The molecule has 3 nitrogen and oxygen atoms in total. The topological polar surface area (TPSA) is 40.5 Å². The lowest BCUT2D eigenvalue weighted by molar-refractivity contribution is -0.128. The number of phenols is 1. The Morgan fingerprint density at radius 1 is 1.10 bits per heavy atom. The number of aromatic hydroxyl groups is 1. The van der Waals surface area contributed by atoms with E-state index in [-0.39, 0.29) is 23.6 Å². The summed E-state index contributed by atoms with van der Waals surface area (Å²) in [4.78, 5) is 14.1. The molecule has 1 fully saturated rings. The van der Waals surface area contributed by atoms with Crippen LogP contribution in [-0.2, 0) is 4.79 Å². The van der Waals surface area contributed by atoms with Gasteiger partial charge in [-0.05, 0) is 42.0 Å². The van der Waals surface area contributed by atoms with Gasteiger partial charge in [-0.2, -0.15) is 0 Å². The number of benzene rings is 2. The van der Waals surface area contributed by atoms with Crippen molar-refractivity contribution >= 4 is 27.5 Å². The number of hydrogen-bond acceptors (Lipinski definition) is 2. The summed E-state index contributed by atoms with van der Waals surface area (Å²) >= 11 is 3.42. The van der Waals surface area contributed by atoms with Crippen LogP contribution in [0.25, 0.3) is 0 Å². The first kappa shape index (κ1) is 13.9. The van der Waals surface area contributed by atoms with Crippen molar-refractivity contribution < 1.29 is 9.90 Å². The Balaban J connectivity index is 1.98. The van der Waals surface area contributed by atoms with Gasteiger partial charge in [0, 0.05) is 10.2 Å². The molecule has 21 heavy (non-hydrogen) atoms. The number of phenolic OH excluding ortho intramolecular Hbond substituents is 1. The number of carbonyl (C=O) groups excluding carboxylic acids is 1. The van der Waals surface area contributed by atoms with Crippen LogP contribution in [0.4, 0.5) is 5.69 Å². The highest BCUT2D eigenvalue weighted by atomic mass is 79.9.